The van der Waals surface area contributed by atoms with Gasteiger partial charge in [-0.2, -0.15) is 0 Å². The summed E-state index contributed by atoms with van der Waals surface area (Å²) in [6, 6.07) is 103. The fraction of sp³-hybridized carbons (Fsp3) is 0. The largest absolute Gasteiger partial charge is 0.311 e. The van der Waals surface area contributed by atoms with Crippen LogP contribution in [0.15, 0.2) is 291 Å². The fourth-order valence-corrected chi connectivity index (χ4v) is 9.96. The molecule has 0 atom stereocenters. The van der Waals surface area contributed by atoms with Gasteiger partial charge in [0.15, 0.2) is 0 Å². The Balaban J connectivity index is 0.000000147. The Kier molecular flexibility index (Phi) is 11.2. The van der Waals surface area contributed by atoms with Gasteiger partial charge in [-0.25, -0.2) is 0 Å². The SMILES string of the molecule is c1ccc(N(c2ccccc2)c2ccc(N(c3ccccc3)c3ccccc3)cc2)cc1.c1ccc2c(c1)c1ccccc1n2-c1ccc(-c2ccc(-n3c4ccccc4c4ccccc43)cc2)cc1. The number of hydrogen-bond donors (Lipinski definition) is 0. The molecule has 13 rings (SSSR count). The van der Waals surface area contributed by atoms with E-state index in [1.165, 1.54) is 66.1 Å². The number of anilines is 6. The van der Waals surface area contributed by atoms with Gasteiger partial charge in [0.1, 0.15) is 0 Å². The Hall–Kier alpha value is -9.38. The van der Waals surface area contributed by atoms with Gasteiger partial charge < -0.3 is 18.9 Å². The minimum absolute atomic E-state index is 1.12. The van der Waals surface area contributed by atoms with Crippen molar-refractivity contribution in [3.8, 4) is 22.5 Å². The highest BCUT2D eigenvalue weighted by Crippen LogP contribution is 2.39. The van der Waals surface area contributed by atoms with E-state index in [4.69, 9.17) is 0 Å². The molecule has 0 bridgehead atoms. The number of nitrogens with zero attached hydrogens (tertiary/aromatic N) is 4. The molecule has 0 radical (unpaired) electrons. The highest BCUT2D eigenvalue weighted by Gasteiger charge is 2.17. The standard InChI is InChI=1S/C36H24N2.C30H24N2/c1-5-13-33-29(9-1)30-10-2-6-14-34(30)37(33)27-21-17-25(18-22-27)26-19-23-28(24-20-26)38-35-15-7-3-11-31(35)32-12-4-8-16-36(32)38;1-5-13-25(14-6-1)31(26-15-7-2-8-16-26)29-21-23-30(24-22-29)32(27-17-9-3-10-18-27)28-19-11-4-12-20-28/h1-24H;1-24H. The van der Waals surface area contributed by atoms with Crippen molar-refractivity contribution >= 4 is 77.7 Å². The molecule has 4 nitrogen and oxygen atoms in total. The molecule has 2 aromatic heterocycles. The molecule has 0 saturated carbocycles. The predicted octanol–water partition coefficient (Wildman–Crippen LogP) is 18.2. The summed E-state index contributed by atoms with van der Waals surface area (Å²) in [6.07, 6.45) is 0. The van der Waals surface area contributed by atoms with Crippen LogP contribution in [0, 0.1) is 0 Å². The minimum atomic E-state index is 1.12. The van der Waals surface area contributed by atoms with Crippen molar-refractivity contribution in [2.75, 3.05) is 9.80 Å². The maximum Gasteiger partial charge on any atom is 0.0541 e. The van der Waals surface area contributed by atoms with Gasteiger partial charge in [-0.15, -0.1) is 0 Å². The third kappa shape index (κ3) is 7.93. The second-order valence-corrected chi connectivity index (χ2v) is 17.4. The monoisotopic (exact) mass is 896 g/mol. The molecule has 0 unspecified atom stereocenters. The molecule has 0 aliphatic carbocycles. The second kappa shape index (κ2) is 18.7. The zero-order valence-electron chi connectivity index (χ0n) is 38.5. The first-order valence-electron chi connectivity index (χ1n) is 23.8. The molecule has 0 aliphatic rings. The van der Waals surface area contributed by atoms with Gasteiger partial charge in [0.05, 0.1) is 22.1 Å². The molecular weight excluding hydrogens is 849 g/mol. The summed E-state index contributed by atoms with van der Waals surface area (Å²) < 4.78 is 4.72. The Morgan fingerprint density at radius 1 is 0.186 bits per heavy atom. The van der Waals surface area contributed by atoms with E-state index in [1.54, 1.807) is 0 Å². The van der Waals surface area contributed by atoms with E-state index in [-0.39, 0.29) is 0 Å². The second-order valence-electron chi connectivity index (χ2n) is 17.4. The highest BCUT2D eigenvalue weighted by molar-refractivity contribution is 6.10. The number of benzene rings is 11. The Bertz CT molecular complexity index is 3400. The molecule has 11 aromatic carbocycles. The number of aromatic nitrogens is 2. The fourth-order valence-electron chi connectivity index (χ4n) is 9.96. The molecule has 4 heteroatoms. The quantitative estimate of drug-likeness (QED) is 0.144. The van der Waals surface area contributed by atoms with Crippen LogP contribution < -0.4 is 9.80 Å². The van der Waals surface area contributed by atoms with Gasteiger partial charge in [-0.05, 0) is 132 Å². The van der Waals surface area contributed by atoms with E-state index in [9.17, 15) is 0 Å². The lowest BCUT2D eigenvalue weighted by molar-refractivity contribution is 1.18. The predicted molar refractivity (Wildman–Crippen MR) is 296 cm³/mol. The summed E-state index contributed by atoms with van der Waals surface area (Å²) in [7, 11) is 0. The Morgan fingerprint density at radius 3 is 0.657 bits per heavy atom. The normalized spacial score (nSPS) is 11.1. The highest BCUT2D eigenvalue weighted by atomic mass is 15.2. The molecule has 13 aromatic rings. The third-order valence-electron chi connectivity index (χ3n) is 13.2. The van der Waals surface area contributed by atoms with Crippen molar-refractivity contribution in [1.29, 1.82) is 0 Å². The van der Waals surface area contributed by atoms with Crippen LogP contribution in [-0.2, 0) is 0 Å². The van der Waals surface area contributed by atoms with E-state index >= 15 is 0 Å². The van der Waals surface area contributed by atoms with Gasteiger partial charge in [0.2, 0.25) is 0 Å². The lowest BCUT2D eigenvalue weighted by Crippen LogP contribution is -2.12. The van der Waals surface area contributed by atoms with Gasteiger partial charge in [0, 0.05) is 67.0 Å². The van der Waals surface area contributed by atoms with Crippen LogP contribution in [-0.4, -0.2) is 9.13 Å². The zero-order chi connectivity index (χ0) is 46.6. The van der Waals surface area contributed by atoms with Crippen molar-refractivity contribution in [2.24, 2.45) is 0 Å². The van der Waals surface area contributed by atoms with Crippen molar-refractivity contribution in [3.05, 3.63) is 291 Å². The van der Waals surface area contributed by atoms with Crippen LogP contribution in [0.3, 0.4) is 0 Å². The molecule has 0 amide bonds. The zero-order valence-corrected chi connectivity index (χ0v) is 38.5. The summed E-state index contributed by atoms with van der Waals surface area (Å²) in [5.41, 5.74) is 16.5. The van der Waals surface area contributed by atoms with Gasteiger partial charge in [-0.1, -0.05) is 170 Å². The molecule has 0 N–H and O–H groups in total. The van der Waals surface area contributed by atoms with Gasteiger partial charge >= 0.3 is 0 Å². The Labute approximate surface area is 408 Å². The molecule has 0 fully saturated rings. The van der Waals surface area contributed by atoms with E-state index in [1.807, 2.05) is 24.3 Å². The smallest absolute Gasteiger partial charge is 0.0541 e. The lowest BCUT2D eigenvalue weighted by atomic mass is 10.0. The van der Waals surface area contributed by atoms with Crippen LogP contribution in [0.1, 0.15) is 0 Å². The topological polar surface area (TPSA) is 16.3 Å². The molecule has 2 heterocycles. The number of rotatable bonds is 9. The van der Waals surface area contributed by atoms with Crippen molar-refractivity contribution in [2.45, 2.75) is 0 Å². The number of fused-ring (bicyclic) bond motifs is 6. The summed E-state index contributed by atoms with van der Waals surface area (Å²) in [5, 5.41) is 5.14. The Morgan fingerprint density at radius 2 is 0.400 bits per heavy atom. The van der Waals surface area contributed by atoms with Crippen molar-refractivity contribution in [1.82, 2.24) is 9.13 Å². The average Bonchev–Trinajstić information content (AvgIpc) is 3.96. The maximum atomic E-state index is 2.36. The van der Waals surface area contributed by atoms with Gasteiger partial charge in [-0.3, -0.25) is 0 Å². The lowest BCUT2D eigenvalue weighted by Gasteiger charge is -2.28. The van der Waals surface area contributed by atoms with Crippen LogP contribution >= 0.6 is 0 Å². The van der Waals surface area contributed by atoms with E-state index in [0.29, 0.717) is 0 Å². The van der Waals surface area contributed by atoms with Crippen LogP contribution in [0.2, 0.25) is 0 Å². The molecule has 0 aliphatic heterocycles. The van der Waals surface area contributed by atoms with Crippen molar-refractivity contribution < 1.29 is 0 Å². The van der Waals surface area contributed by atoms with E-state index < -0.39 is 0 Å². The molecule has 332 valence electrons. The van der Waals surface area contributed by atoms with Gasteiger partial charge in [0.25, 0.3) is 0 Å². The van der Waals surface area contributed by atoms with Crippen LogP contribution in [0.25, 0.3) is 66.1 Å². The third-order valence-corrected chi connectivity index (χ3v) is 13.2. The maximum absolute atomic E-state index is 2.36. The summed E-state index contributed by atoms with van der Waals surface area (Å²) in [6.45, 7) is 0. The average molecular weight is 897 g/mol. The molecule has 0 spiro atoms. The molecule has 0 saturated heterocycles. The number of hydrogen-bond acceptors (Lipinski definition) is 2. The summed E-state index contributed by atoms with van der Waals surface area (Å²) in [4.78, 5) is 4.55. The first-order valence-corrected chi connectivity index (χ1v) is 23.8. The first kappa shape index (κ1) is 42.0. The summed E-state index contributed by atoms with van der Waals surface area (Å²) in [5.74, 6) is 0. The summed E-state index contributed by atoms with van der Waals surface area (Å²) >= 11 is 0. The van der Waals surface area contributed by atoms with E-state index in [2.05, 4.69) is 286 Å². The molecular formula is C66H48N4. The molecule has 70 heavy (non-hydrogen) atoms. The first-order chi connectivity index (χ1) is 34.8. The van der Waals surface area contributed by atoms with Crippen molar-refractivity contribution in [3.63, 3.8) is 0 Å². The number of para-hydroxylation sites is 8. The van der Waals surface area contributed by atoms with Crippen LogP contribution in [0.5, 0.6) is 0 Å². The van der Waals surface area contributed by atoms with Crippen LogP contribution in [0.4, 0.5) is 34.1 Å². The minimum Gasteiger partial charge on any atom is -0.311 e. The van der Waals surface area contributed by atoms with E-state index in [0.717, 1.165) is 34.1 Å².